The molecule has 0 aromatic carbocycles. The number of aliphatic imine (C=N–C) groups is 1. The maximum absolute atomic E-state index is 11.9. The van der Waals surface area contributed by atoms with E-state index in [9.17, 15) is 9.59 Å². The van der Waals surface area contributed by atoms with Crippen LogP contribution in [0.1, 0.15) is 6.92 Å². The molecule has 1 amide bonds. The summed E-state index contributed by atoms with van der Waals surface area (Å²) in [4.78, 5) is 29.0. The van der Waals surface area contributed by atoms with Gasteiger partial charge in [0, 0.05) is 13.1 Å². The summed E-state index contributed by atoms with van der Waals surface area (Å²) in [6, 6.07) is 0. The van der Waals surface area contributed by atoms with E-state index in [2.05, 4.69) is 15.0 Å². The van der Waals surface area contributed by atoms with Crippen molar-refractivity contribution >= 4 is 23.7 Å². The van der Waals surface area contributed by atoms with E-state index in [4.69, 9.17) is 10.1 Å². The first kappa shape index (κ1) is 13.1. The smallest absolute Gasteiger partial charge is 0.411 e. The minimum atomic E-state index is -0.760. The third-order valence-electron chi connectivity index (χ3n) is 2.57. The van der Waals surface area contributed by atoms with Crippen molar-refractivity contribution in [1.29, 1.82) is 5.41 Å². The Labute approximate surface area is 109 Å². The van der Waals surface area contributed by atoms with Gasteiger partial charge in [0.2, 0.25) is 0 Å². The number of alkyl carbamates (subject to hydrolysis) is 1. The minimum Gasteiger partial charge on any atom is -0.462 e. The van der Waals surface area contributed by atoms with E-state index in [0.29, 0.717) is 5.84 Å². The monoisotopic (exact) mass is 266 g/mol. The highest BCUT2D eigenvalue weighted by molar-refractivity contribution is 6.31. The van der Waals surface area contributed by atoms with Gasteiger partial charge in [-0.15, -0.1) is 0 Å². The van der Waals surface area contributed by atoms with Gasteiger partial charge in [0.1, 0.15) is 17.1 Å². The first-order valence-corrected chi connectivity index (χ1v) is 5.77. The van der Waals surface area contributed by atoms with Crippen LogP contribution in [-0.2, 0) is 14.3 Å². The summed E-state index contributed by atoms with van der Waals surface area (Å²) in [7, 11) is 1.20. The highest BCUT2D eigenvalue weighted by atomic mass is 16.5. The van der Waals surface area contributed by atoms with Crippen LogP contribution in [0.15, 0.2) is 16.3 Å². The molecule has 0 spiro atoms. The number of carbonyl (C=O) groups is 2. The van der Waals surface area contributed by atoms with Gasteiger partial charge in [0.05, 0.1) is 13.7 Å². The third-order valence-corrected chi connectivity index (χ3v) is 2.57. The van der Waals surface area contributed by atoms with Gasteiger partial charge in [-0.25, -0.2) is 14.6 Å². The molecule has 1 fully saturated rings. The van der Waals surface area contributed by atoms with Crippen molar-refractivity contribution in [3.05, 3.63) is 11.3 Å². The van der Waals surface area contributed by atoms with Gasteiger partial charge in [0.25, 0.3) is 0 Å². The van der Waals surface area contributed by atoms with Crippen LogP contribution < -0.4 is 5.32 Å². The van der Waals surface area contributed by atoms with Crippen LogP contribution in [0.2, 0.25) is 0 Å². The Bertz CT molecular complexity index is 505. The number of nitrogens with one attached hydrogen (secondary N) is 2. The van der Waals surface area contributed by atoms with Gasteiger partial charge in [-0.3, -0.25) is 10.7 Å². The standard InChI is InChI=1S/C11H14N4O4/c1-3-19-10(16)6-7(13-11(17)18-2)8(12)14-9(6)15-4-5-15/h3-5H2,1-2H3,(H2,12,13,14,17). The second-order valence-electron chi connectivity index (χ2n) is 3.86. The fourth-order valence-corrected chi connectivity index (χ4v) is 1.61. The van der Waals surface area contributed by atoms with E-state index in [1.165, 1.54) is 7.11 Å². The average molecular weight is 266 g/mol. The Balaban J connectivity index is 2.33. The summed E-state index contributed by atoms with van der Waals surface area (Å²) in [6.07, 6.45) is -0.760. The molecule has 8 heteroatoms. The van der Waals surface area contributed by atoms with Crippen molar-refractivity contribution in [2.45, 2.75) is 6.92 Å². The number of hydrogen-bond donors (Lipinski definition) is 2. The normalized spacial score (nSPS) is 17.3. The van der Waals surface area contributed by atoms with Crippen molar-refractivity contribution in [1.82, 2.24) is 10.2 Å². The molecule has 1 saturated heterocycles. The van der Waals surface area contributed by atoms with E-state index < -0.39 is 12.1 Å². The topological polar surface area (TPSA) is 104 Å². The maximum atomic E-state index is 11.9. The lowest BCUT2D eigenvalue weighted by atomic mass is 10.2. The summed E-state index contributed by atoms with van der Waals surface area (Å²) in [5.41, 5.74) is 0.127. The van der Waals surface area contributed by atoms with Crippen LogP contribution in [-0.4, -0.2) is 55.4 Å². The molecule has 0 aromatic heterocycles. The Morgan fingerprint density at radius 3 is 2.68 bits per heavy atom. The molecule has 0 bridgehead atoms. The van der Waals surface area contributed by atoms with Crippen molar-refractivity contribution < 1.29 is 19.1 Å². The van der Waals surface area contributed by atoms with Gasteiger partial charge < -0.3 is 14.4 Å². The lowest BCUT2D eigenvalue weighted by Crippen LogP contribution is -2.29. The number of ether oxygens (including phenoxy) is 2. The molecule has 8 nitrogen and oxygen atoms in total. The Kier molecular flexibility index (Phi) is 3.50. The van der Waals surface area contributed by atoms with Crippen LogP contribution in [0.3, 0.4) is 0 Å². The quantitative estimate of drug-likeness (QED) is 0.546. The lowest BCUT2D eigenvalue weighted by Gasteiger charge is -2.09. The van der Waals surface area contributed by atoms with Crippen LogP contribution in [0.5, 0.6) is 0 Å². The highest BCUT2D eigenvalue weighted by Crippen LogP contribution is 2.23. The second kappa shape index (κ2) is 5.09. The van der Waals surface area contributed by atoms with Crippen LogP contribution in [0.25, 0.3) is 0 Å². The molecule has 0 aromatic rings. The molecular formula is C11H14N4O4. The Morgan fingerprint density at radius 1 is 1.47 bits per heavy atom. The number of carbonyl (C=O) groups excluding carboxylic acids is 2. The highest BCUT2D eigenvalue weighted by Gasteiger charge is 2.38. The number of esters is 1. The molecule has 0 radical (unpaired) electrons. The minimum absolute atomic E-state index is 0.0206. The zero-order valence-corrected chi connectivity index (χ0v) is 10.6. The molecule has 2 aliphatic rings. The molecule has 0 saturated carbocycles. The third kappa shape index (κ3) is 2.56. The molecule has 0 atom stereocenters. The largest absolute Gasteiger partial charge is 0.462 e. The fraction of sp³-hybridized carbons (Fsp3) is 0.455. The number of amidine groups is 2. The molecule has 0 aliphatic carbocycles. The van der Waals surface area contributed by atoms with Crippen LogP contribution in [0, 0.1) is 5.41 Å². The molecule has 2 aliphatic heterocycles. The molecule has 19 heavy (non-hydrogen) atoms. The van der Waals surface area contributed by atoms with Gasteiger partial charge in [0.15, 0.2) is 5.84 Å². The van der Waals surface area contributed by atoms with Crippen LogP contribution in [0.4, 0.5) is 4.79 Å². The van der Waals surface area contributed by atoms with Crippen molar-refractivity contribution in [3.8, 4) is 0 Å². The van der Waals surface area contributed by atoms with Gasteiger partial charge in [-0.1, -0.05) is 0 Å². The number of hydrogen-bond acceptors (Lipinski definition) is 6. The molecule has 0 unspecified atom stereocenters. The van der Waals surface area contributed by atoms with Gasteiger partial charge in [-0.2, -0.15) is 0 Å². The van der Waals surface area contributed by atoms with Crippen LogP contribution >= 0.6 is 0 Å². The van der Waals surface area contributed by atoms with E-state index in [1.54, 1.807) is 6.92 Å². The summed E-state index contributed by atoms with van der Waals surface area (Å²) >= 11 is 0. The van der Waals surface area contributed by atoms with E-state index >= 15 is 0 Å². The van der Waals surface area contributed by atoms with Crippen molar-refractivity contribution in [2.24, 2.45) is 4.99 Å². The SMILES string of the molecule is CCOC(=O)C1=C(NC(=O)OC)C(=N)N=C1N1CC1. The zero-order valence-electron chi connectivity index (χ0n) is 10.6. The first-order chi connectivity index (χ1) is 9.08. The second-order valence-corrected chi connectivity index (χ2v) is 3.86. The summed E-state index contributed by atoms with van der Waals surface area (Å²) in [5.74, 6) is -0.424. The van der Waals surface area contributed by atoms with Crippen molar-refractivity contribution in [3.63, 3.8) is 0 Å². The maximum Gasteiger partial charge on any atom is 0.411 e. The number of nitrogens with zero attached hydrogens (tertiary/aromatic N) is 2. The van der Waals surface area contributed by atoms with Crippen molar-refractivity contribution in [2.75, 3.05) is 26.8 Å². The molecule has 2 heterocycles. The summed E-state index contributed by atoms with van der Waals surface area (Å²) in [5, 5.41) is 10.1. The average Bonchev–Trinajstić information content (AvgIpc) is 3.16. The van der Waals surface area contributed by atoms with E-state index in [1.807, 2.05) is 4.90 Å². The van der Waals surface area contributed by atoms with Gasteiger partial charge in [-0.05, 0) is 6.92 Å². The van der Waals surface area contributed by atoms with E-state index in [-0.39, 0.29) is 23.7 Å². The lowest BCUT2D eigenvalue weighted by molar-refractivity contribution is -0.137. The predicted octanol–water partition coefficient (Wildman–Crippen LogP) is -0.135. The molecule has 2 N–H and O–H groups in total. The van der Waals surface area contributed by atoms with E-state index in [0.717, 1.165) is 13.1 Å². The number of rotatable bonds is 3. The number of amides is 1. The Hall–Kier alpha value is -2.38. The molecule has 102 valence electrons. The Morgan fingerprint density at radius 2 is 2.16 bits per heavy atom. The first-order valence-electron chi connectivity index (χ1n) is 5.77. The summed E-state index contributed by atoms with van der Waals surface area (Å²) in [6.45, 7) is 3.41. The predicted molar refractivity (Wildman–Crippen MR) is 65.9 cm³/mol. The molecule has 2 rings (SSSR count). The van der Waals surface area contributed by atoms with Gasteiger partial charge >= 0.3 is 12.1 Å². The summed E-state index contributed by atoms with van der Waals surface area (Å²) < 4.78 is 9.40. The molecular weight excluding hydrogens is 252 g/mol. The number of methoxy groups -OCH3 is 1. The fourth-order valence-electron chi connectivity index (χ4n) is 1.61. The zero-order chi connectivity index (χ0) is 14.0.